The third kappa shape index (κ3) is 1.64. The Hall–Kier alpha value is -1.91. The van der Waals surface area contributed by atoms with Crippen LogP contribution in [-0.2, 0) is 9.53 Å². The van der Waals surface area contributed by atoms with Crippen molar-refractivity contribution >= 4 is 16.9 Å². The Morgan fingerprint density at radius 1 is 1.56 bits per heavy atom. The SMILES string of the molecule is COC(=O)C(C)c1noc2cc(F)ccc12. The fraction of sp³-hybridized carbons (Fsp3) is 0.273. The Morgan fingerprint density at radius 3 is 3.00 bits per heavy atom. The van der Waals surface area contributed by atoms with Gasteiger partial charge in [-0.1, -0.05) is 5.16 Å². The van der Waals surface area contributed by atoms with Gasteiger partial charge in [-0.05, 0) is 19.1 Å². The molecule has 5 heteroatoms. The molecule has 0 spiro atoms. The molecule has 4 nitrogen and oxygen atoms in total. The highest BCUT2D eigenvalue weighted by atomic mass is 19.1. The third-order valence-electron chi connectivity index (χ3n) is 2.43. The van der Waals surface area contributed by atoms with Gasteiger partial charge in [0, 0.05) is 11.5 Å². The molecule has 0 radical (unpaired) electrons. The van der Waals surface area contributed by atoms with E-state index in [4.69, 9.17) is 4.52 Å². The van der Waals surface area contributed by atoms with Crippen LogP contribution >= 0.6 is 0 Å². The van der Waals surface area contributed by atoms with Crippen LogP contribution in [0.3, 0.4) is 0 Å². The normalized spacial score (nSPS) is 12.7. The lowest BCUT2D eigenvalue weighted by atomic mass is 10.0. The van der Waals surface area contributed by atoms with Crippen molar-refractivity contribution in [1.29, 1.82) is 0 Å². The van der Waals surface area contributed by atoms with Gasteiger partial charge in [-0.2, -0.15) is 0 Å². The lowest BCUT2D eigenvalue weighted by molar-refractivity contribution is -0.142. The maximum absolute atomic E-state index is 12.9. The molecule has 1 unspecified atom stereocenters. The zero-order chi connectivity index (χ0) is 11.7. The minimum atomic E-state index is -0.531. The summed E-state index contributed by atoms with van der Waals surface area (Å²) in [5.74, 6) is -1.34. The quantitative estimate of drug-likeness (QED) is 0.732. The minimum Gasteiger partial charge on any atom is -0.469 e. The van der Waals surface area contributed by atoms with Gasteiger partial charge in [0.15, 0.2) is 5.58 Å². The lowest BCUT2D eigenvalue weighted by Crippen LogP contribution is -2.11. The summed E-state index contributed by atoms with van der Waals surface area (Å²) in [4.78, 5) is 11.3. The summed E-state index contributed by atoms with van der Waals surface area (Å²) in [6.45, 7) is 1.66. The zero-order valence-electron chi connectivity index (χ0n) is 8.86. The highest BCUT2D eigenvalue weighted by Crippen LogP contribution is 2.26. The standard InChI is InChI=1S/C11H10FNO3/c1-6(11(14)15-2)10-8-4-3-7(12)5-9(8)16-13-10/h3-6H,1-2H3. The number of halogens is 1. The molecule has 0 saturated heterocycles. The van der Waals surface area contributed by atoms with Crippen LogP contribution in [-0.4, -0.2) is 18.2 Å². The number of carbonyl (C=O) groups is 1. The Morgan fingerprint density at radius 2 is 2.31 bits per heavy atom. The van der Waals surface area contributed by atoms with E-state index in [1.54, 1.807) is 6.92 Å². The van der Waals surface area contributed by atoms with E-state index in [0.717, 1.165) is 0 Å². The van der Waals surface area contributed by atoms with Gasteiger partial charge in [0.2, 0.25) is 0 Å². The van der Waals surface area contributed by atoms with Crippen molar-refractivity contribution in [3.8, 4) is 0 Å². The van der Waals surface area contributed by atoms with Crippen molar-refractivity contribution in [1.82, 2.24) is 5.16 Å². The summed E-state index contributed by atoms with van der Waals surface area (Å²) in [6.07, 6.45) is 0. The number of hydrogen-bond acceptors (Lipinski definition) is 4. The van der Waals surface area contributed by atoms with E-state index in [-0.39, 0.29) is 0 Å². The first-order chi connectivity index (χ1) is 7.63. The maximum Gasteiger partial charge on any atom is 0.314 e. The van der Waals surface area contributed by atoms with Crippen LogP contribution in [0, 0.1) is 5.82 Å². The largest absolute Gasteiger partial charge is 0.469 e. The molecule has 0 saturated carbocycles. The number of nitrogens with zero attached hydrogens (tertiary/aromatic N) is 1. The van der Waals surface area contributed by atoms with Crippen LogP contribution in [0.1, 0.15) is 18.5 Å². The highest BCUT2D eigenvalue weighted by molar-refractivity contribution is 5.86. The first kappa shape index (κ1) is 10.6. The summed E-state index contributed by atoms with van der Waals surface area (Å²) in [5.41, 5.74) is 0.785. The van der Waals surface area contributed by atoms with Crippen molar-refractivity contribution in [3.05, 3.63) is 29.7 Å². The van der Waals surface area contributed by atoms with E-state index < -0.39 is 17.7 Å². The monoisotopic (exact) mass is 223 g/mol. The molecule has 0 aliphatic rings. The molecule has 16 heavy (non-hydrogen) atoms. The van der Waals surface area contributed by atoms with Crippen LogP contribution in [0.5, 0.6) is 0 Å². The topological polar surface area (TPSA) is 52.3 Å². The van der Waals surface area contributed by atoms with E-state index >= 15 is 0 Å². The summed E-state index contributed by atoms with van der Waals surface area (Å²) in [5, 5.41) is 4.39. The molecule has 1 aromatic carbocycles. The third-order valence-corrected chi connectivity index (χ3v) is 2.43. The molecule has 0 amide bonds. The molecule has 0 aliphatic carbocycles. The fourth-order valence-corrected chi connectivity index (χ4v) is 1.53. The van der Waals surface area contributed by atoms with E-state index in [0.29, 0.717) is 16.7 Å². The number of hydrogen-bond donors (Lipinski definition) is 0. The number of aromatic nitrogens is 1. The second-order valence-electron chi connectivity index (χ2n) is 3.45. The average molecular weight is 223 g/mol. The van der Waals surface area contributed by atoms with Crippen molar-refractivity contribution in [2.45, 2.75) is 12.8 Å². The second kappa shape index (κ2) is 3.92. The predicted molar refractivity (Wildman–Crippen MR) is 54.4 cm³/mol. The second-order valence-corrected chi connectivity index (χ2v) is 3.45. The molecular weight excluding hydrogens is 213 g/mol. The van der Waals surface area contributed by atoms with Gasteiger partial charge >= 0.3 is 5.97 Å². The molecule has 1 heterocycles. The summed E-state index contributed by atoms with van der Waals surface area (Å²) >= 11 is 0. The van der Waals surface area contributed by atoms with Gasteiger partial charge in [0.05, 0.1) is 7.11 Å². The Kier molecular flexibility index (Phi) is 2.60. The summed E-state index contributed by atoms with van der Waals surface area (Å²) < 4.78 is 22.5. The van der Waals surface area contributed by atoms with E-state index in [9.17, 15) is 9.18 Å². The average Bonchev–Trinajstić information content (AvgIpc) is 2.69. The van der Waals surface area contributed by atoms with E-state index in [1.165, 1.54) is 25.3 Å². The number of esters is 1. The Bertz CT molecular complexity index is 535. The van der Waals surface area contributed by atoms with Crippen molar-refractivity contribution in [2.24, 2.45) is 0 Å². The molecule has 0 fully saturated rings. The molecule has 1 aromatic heterocycles. The summed E-state index contributed by atoms with van der Waals surface area (Å²) in [6, 6.07) is 4.07. The molecule has 84 valence electrons. The Balaban J connectivity index is 2.50. The van der Waals surface area contributed by atoms with Gasteiger partial charge in [0.25, 0.3) is 0 Å². The van der Waals surface area contributed by atoms with Crippen LogP contribution in [0.25, 0.3) is 11.0 Å². The number of fused-ring (bicyclic) bond motifs is 1. The van der Waals surface area contributed by atoms with Crippen molar-refractivity contribution < 1.29 is 18.4 Å². The van der Waals surface area contributed by atoms with E-state index in [1.807, 2.05) is 0 Å². The highest BCUT2D eigenvalue weighted by Gasteiger charge is 2.22. The molecule has 0 N–H and O–H groups in total. The number of carbonyl (C=O) groups excluding carboxylic acids is 1. The Labute approximate surface area is 91.0 Å². The fourth-order valence-electron chi connectivity index (χ4n) is 1.53. The van der Waals surface area contributed by atoms with Crippen LogP contribution in [0.2, 0.25) is 0 Å². The molecule has 2 aromatic rings. The smallest absolute Gasteiger partial charge is 0.314 e. The van der Waals surface area contributed by atoms with E-state index in [2.05, 4.69) is 9.89 Å². The number of benzene rings is 1. The zero-order valence-corrected chi connectivity index (χ0v) is 8.86. The van der Waals surface area contributed by atoms with Crippen LogP contribution in [0.4, 0.5) is 4.39 Å². The molecule has 2 rings (SSSR count). The van der Waals surface area contributed by atoms with Gasteiger partial charge in [-0.3, -0.25) is 4.79 Å². The van der Waals surface area contributed by atoms with Crippen LogP contribution in [0.15, 0.2) is 22.7 Å². The molecular formula is C11H10FNO3. The van der Waals surface area contributed by atoms with Crippen LogP contribution < -0.4 is 0 Å². The predicted octanol–water partition coefficient (Wildman–Crippen LogP) is 2.24. The van der Waals surface area contributed by atoms with Crippen molar-refractivity contribution in [2.75, 3.05) is 7.11 Å². The lowest BCUT2D eigenvalue weighted by Gasteiger charge is -2.04. The minimum absolute atomic E-state index is 0.325. The number of methoxy groups -OCH3 is 1. The number of rotatable bonds is 2. The van der Waals surface area contributed by atoms with Gasteiger partial charge in [-0.25, -0.2) is 4.39 Å². The first-order valence-electron chi connectivity index (χ1n) is 4.76. The van der Waals surface area contributed by atoms with Gasteiger partial charge < -0.3 is 9.26 Å². The summed E-state index contributed by atoms with van der Waals surface area (Å²) in [7, 11) is 1.31. The van der Waals surface area contributed by atoms with Gasteiger partial charge in [-0.15, -0.1) is 0 Å². The maximum atomic E-state index is 12.9. The molecule has 0 bridgehead atoms. The van der Waals surface area contributed by atoms with Gasteiger partial charge in [0.1, 0.15) is 17.4 Å². The number of ether oxygens (including phenoxy) is 1. The molecule has 0 aliphatic heterocycles. The molecule has 1 atom stereocenters. The van der Waals surface area contributed by atoms with Crippen molar-refractivity contribution in [3.63, 3.8) is 0 Å². The first-order valence-corrected chi connectivity index (χ1v) is 4.76.